The van der Waals surface area contributed by atoms with Crippen molar-refractivity contribution < 1.29 is 19.0 Å². The summed E-state index contributed by atoms with van der Waals surface area (Å²) in [5.41, 5.74) is 0.640. The van der Waals surface area contributed by atoms with Crippen LogP contribution in [0.3, 0.4) is 0 Å². The van der Waals surface area contributed by atoms with E-state index in [2.05, 4.69) is 12.2 Å². The molecule has 0 aliphatic rings. The molecule has 1 N–H and O–H groups in total. The van der Waals surface area contributed by atoms with Gasteiger partial charge in [0.05, 0.1) is 18.9 Å². The fourth-order valence-electron chi connectivity index (χ4n) is 2.89. The molecule has 2 aromatic rings. The van der Waals surface area contributed by atoms with Crippen LogP contribution in [0.5, 0.6) is 17.2 Å². The molecule has 5 nitrogen and oxygen atoms in total. The van der Waals surface area contributed by atoms with Gasteiger partial charge in [-0.2, -0.15) is 0 Å². The summed E-state index contributed by atoms with van der Waals surface area (Å²) in [4.78, 5) is 12.2. The Morgan fingerprint density at radius 1 is 0.793 bits per heavy atom. The van der Waals surface area contributed by atoms with Crippen LogP contribution in [0, 0.1) is 0 Å². The quantitative estimate of drug-likeness (QED) is 0.405. The third-order valence-corrected chi connectivity index (χ3v) is 4.42. The van der Waals surface area contributed by atoms with Crippen molar-refractivity contribution in [1.29, 1.82) is 0 Å². The maximum absolute atomic E-state index is 12.2. The van der Waals surface area contributed by atoms with E-state index in [-0.39, 0.29) is 12.5 Å². The van der Waals surface area contributed by atoms with Crippen molar-refractivity contribution in [1.82, 2.24) is 0 Å². The molecule has 0 aromatic heterocycles. The number of benzene rings is 2. The van der Waals surface area contributed by atoms with Crippen molar-refractivity contribution in [3.63, 3.8) is 0 Å². The molecule has 0 saturated carbocycles. The minimum absolute atomic E-state index is 0.0710. The minimum atomic E-state index is -0.236. The molecule has 0 radical (unpaired) electrons. The monoisotopic (exact) mass is 399 g/mol. The molecule has 0 heterocycles. The van der Waals surface area contributed by atoms with E-state index in [1.54, 1.807) is 6.07 Å². The van der Waals surface area contributed by atoms with Crippen molar-refractivity contribution in [3.8, 4) is 17.2 Å². The Morgan fingerprint density at radius 2 is 1.45 bits per heavy atom. The highest BCUT2D eigenvalue weighted by atomic mass is 16.5. The fraction of sp³-hybridized carbons (Fsp3) is 0.458. The third kappa shape index (κ3) is 8.90. The molecule has 1 amide bonds. The zero-order valence-electron chi connectivity index (χ0n) is 17.6. The van der Waals surface area contributed by atoms with Crippen LogP contribution in [0.4, 0.5) is 5.69 Å². The zero-order chi connectivity index (χ0) is 20.7. The summed E-state index contributed by atoms with van der Waals surface area (Å²) in [6, 6.07) is 14.7. The molecule has 0 aliphatic carbocycles. The van der Waals surface area contributed by atoms with Crippen LogP contribution in [-0.2, 0) is 4.79 Å². The summed E-state index contributed by atoms with van der Waals surface area (Å²) in [5.74, 6) is 1.86. The smallest absolute Gasteiger partial charge is 0.262 e. The van der Waals surface area contributed by atoms with Crippen LogP contribution in [-0.4, -0.2) is 25.7 Å². The number of carbonyl (C=O) groups is 1. The van der Waals surface area contributed by atoms with Crippen molar-refractivity contribution >= 4 is 11.6 Å². The molecule has 29 heavy (non-hydrogen) atoms. The first-order valence-electron chi connectivity index (χ1n) is 10.6. The van der Waals surface area contributed by atoms with Gasteiger partial charge >= 0.3 is 0 Å². The van der Waals surface area contributed by atoms with Crippen LogP contribution in [0.1, 0.15) is 52.4 Å². The lowest BCUT2D eigenvalue weighted by atomic mass is 10.1. The second kappa shape index (κ2) is 13.5. The molecule has 0 spiro atoms. The van der Waals surface area contributed by atoms with Gasteiger partial charge in [0.1, 0.15) is 17.2 Å². The van der Waals surface area contributed by atoms with Gasteiger partial charge in [-0.1, -0.05) is 51.2 Å². The topological polar surface area (TPSA) is 56.8 Å². The molecule has 2 aromatic carbocycles. The predicted octanol–water partition coefficient (Wildman–Crippen LogP) is 5.84. The highest BCUT2D eigenvalue weighted by Crippen LogP contribution is 2.23. The normalized spacial score (nSPS) is 10.4. The number of ether oxygens (including phenoxy) is 3. The maximum atomic E-state index is 12.2. The maximum Gasteiger partial charge on any atom is 0.262 e. The molecule has 158 valence electrons. The third-order valence-electron chi connectivity index (χ3n) is 4.42. The van der Waals surface area contributed by atoms with Crippen molar-refractivity contribution in [3.05, 3.63) is 48.5 Å². The van der Waals surface area contributed by atoms with Gasteiger partial charge in [-0.3, -0.25) is 4.79 Å². The van der Waals surface area contributed by atoms with Crippen molar-refractivity contribution in [2.24, 2.45) is 0 Å². The largest absolute Gasteiger partial charge is 0.494 e. The Kier molecular flexibility index (Phi) is 10.5. The van der Waals surface area contributed by atoms with Crippen LogP contribution in [0.15, 0.2) is 48.5 Å². The van der Waals surface area contributed by atoms with E-state index >= 15 is 0 Å². The standard InChI is InChI=1S/C24H33NO4/c1-3-5-6-7-8-11-18-28-20-14-16-21(17-15-20)29-19-24(26)25-22-12-9-10-13-23(22)27-4-2/h9-10,12-17H,3-8,11,18-19H2,1-2H3,(H,25,26). The summed E-state index contributed by atoms with van der Waals surface area (Å²) in [6.45, 7) is 5.33. The molecule has 0 saturated heterocycles. The Balaban J connectivity index is 1.68. The SMILES string of the molecule is CCCCCCCCOc1ccc(OCC(=O)Nc2ccccc2OCC)cc1. The van der Waals surface area contributed by atoms with E-state index in [1.807, 2.05) is 49.4 Å². The summed E-state index contributed by atoms with van der Waals surface area (Å²) < 4.78 is 16.8. The lowest BCUT2D eigenvalue weighted by molar-refractivity contribution is -0.118. The van der Waals surface area contributed by atoms with E-state index in [4.69, 9.17) is 14.2 Å². The van der Waals surface area contributed by atoms with Gasteiger partial charge in [0.2, 0.25) is 0 Å². The Labute approximate surface area is 174 Å². The molecular weight excluding hydrogens is 366 g/mol. The summed E-state index contributed by atoms with van der Waals surface area (Å²) in [7, 11) is 0. The number of rotatable bonds is 14. The Morgan fingerprint density at radius 3 is 2.17 bits per heavy atom. The number of carbonyl (C=O) groups excluding carboxylic acids is 1. The lowest BCUT2D eigenvalue weighted by Gasteiger charge is -2.12. The van der Waals surface area contributed by atoms with E-state index in [0.29, 0.717) is 23.8 Å². The van der Waals surface area contributed by atoms with Gasteiger partial charge in [-0.05, 0) is 49.7 Å². The van der Waals surface area contributed by atoms with Gasteiger partial charge in [-0.25, -0.2) is 0 Å². The first-order valence-corrected chi connectivity index (χ1v) is 10.6. The molecule has 2 rings (SSSR count). The molecular formula is C24H33NO4. The summed E-state index contributed by atoms with van der Waals surface area (Å²) in [6.07, 6.45) is 7.47. The first kappa shape index (κ1) is 22.6. The average molecular weight is 400 g/mol. The fourth-order valence-corrected chi connectivity index (χ4v) is 2.89. The van der Waals surface area contributed by atoms with Crippen LogP contribution >= 0.6 is 0 Å². The Hall–Kier alpha value is -2.69. The van der Waals surface area contributed by atoms with E-state index in [0.717, 1.165) is 18.8 Å². The number of anilines is 1. The highest BCUT2D eigenvalue weighted by Gasteiger charge is 2.08. The van der Waals surface area contributed by atoms with Crippen molar-refractivity contribution in [2.75, 3.05) is 25.1 Å². The second-order valence-corrected chi connectivity index (χ2v) is 6.85. The van der Waals surface area contributed by atoms with Gasteiger partial charge in [0.25, 0.3) is 5.91 Å². The highest BCUT2D eigenvalue weighted by molar-refractivity contribution is 5.93. The number of para-hydroxylation sites is 2. The van der Waals surface area contributed by atoms with E-state index in [1.165, 1.54) is 32.1 Å². The van der Waals surface area contributed by atoms with Gasteiger partial charge in [0, 0.05) is 0 Å². The van der Waals surface area contributed by atoms with Crippen LogP contribution in [0.25, 0.3) is 0 Å². The molecule has 0 fully saturated rings. The van der Waals surface area contributed by atoms with Crippen molar-refractivity contribution in [2.45, 2.75) is 52.4 Å². The molecule has 0 bridgehead atoms. The minimum Gasteiger partial charge on any atom is -0.494 e. The number of nitrogens with one attached hydrogen (secondary N) is 1. The van der Waals surface area contributed by atoms with Crippen LogP contribution in [0.2, 0.25) is 0 Å². The number of amides is 1. The molecule has 0 aliphatic heterocycles. The van der Waals surface area contributed by atoms with Crippen LogP contribution < -0.4 is 19.5 Å². The Bertz CT molecular complexity index is 715. The molecule has 0 atom stereocenters. The zero-order valence-corrected chi connectivity index (χ0v) is 17.6. The average Bonchev–Trinajstić information content (AvgIpc) is 2.74. The number of hydrogen-bond acceptors (Lipinski definition) is 4. The second-order valence-electron chi connectivity index (χ2n) is 6.85. The van der Waals surface area contributed by atoms with Gasteiger partial charge in [-0.15, -0.1) is 0 Å². The van der Waals surface area contributed by atoms with Gasteiger partial charge < -0.3 is 19.5 Å². The number of unbranched alkanes of at least 4 members (excludes halogenated alkanes) is 5. The van der Waals surface area contributed by atoms with E-state index in [9.17, 15) is 4.79 Å². The van der Waals surface area contributed by atoms with Gasteiger partial charge in [0.15, 0.2) is 6.61 Å². The first-order chi connectivity index (χ1) is 14.2. The summed E-state index contributed by atoms with van der Waals surface area (Å²) in [5, 5.41) is 2.82. The lowest BCUT2D eigenvalue weighted by Crippen LogP contribution is -2.20. The molecule has 0 unspecified atom stereocenters. The summed E-state index contributed by atoms with van der Waals surface area (Å²) >= 11 is 0. The predicted molar refractivity (Wildman–Crippen MR) is 117 cm³/mol. The number of hydrogen-bond donors (Lipinski definition) is 1. The van der Waals surface area contributed by atoms with E-state index < -0.39 is 0 Å². The molecule has 5 heteroatoms.